The average Bonchev–Trinajstić information content (AvgIpc) is 4.03. The second-order valence-corrected chi connectivity index (χ2v) is 18.0. The molecule has 2 fully saturated rings. The number of alkyl carbamates (subject to hydrolysis) is 1. The molecular formula is C44H82N6O9. The number of unbranched alkanes of at least 4 members (excludes halogenated alkanes) is 11. The summed E-state index contributed by atoms with van der Waals surface area (Å²) >= 11 is 0. The van der Waals surface area contributed by atoms with E-state index in [-0.39, 0.29) is 49.5 Å². The number of hydrogen-bond acceptors (Lipinski definition) is 11. The molecule has 3 heterocycles. The fourth-order valence-electron chi connectivity index (χ4n) is 7.28. The molecule has 0 radical (unpaired) electrons. The summed E-state index contributed by atoms with van der Waals surface area (Å²) < 4.78 is 27.3. The number of ether oxygens (including phenoxy) is 4. The number of nitrogens with zero attached hydrogens (tertiary/aromatic N) is 5. The highest BCUT2D eigenvalue weighted by atomic mass is 16.6. The van der Waals surface area contributed by atoms with E-state index in [0.29, 0.717) is 65.2 Å². The Hall–Kier alpha value is -2.56. The summed E-state index contributed by atoms with van der Waals surface area (Å²) in [6.45, 7) is 21.0. The fourth-order valence-corrected chi connectivity index (χ4v) is 7.28. The molecule has 0 bridgehead atoms. The first-order valence-electron chi connectivity index (χ1n) is 23.1. The number of aromatic nitrogens is 3. The van der Waals surface area contributed by atoms with Crippen LogP contribution in [0.3, 0.4) is 0 Å². The molecule has 15 heteroatoms. The van der Waals surface area contributed by atoms with Crippen molar-refractivity contribution < 1.29 is 28.8 Å². The molecule has 0 aromatic carbocycles. The number of amides is 1. The summed E-state index contributed by atoms with van der Waals surface area (Å²) in [5, 5.41) is 12.0. The summed E-state index contributed by atoms with van der Waals surface area (Å²) in [5.41, 5.74) is -1.28. The van der Waals surface area contributed by atoms with Crippen LogP contribution < -0.4 is 22.4 Å². The Bertz CT molecular complexity index is 1510. The molecule has 2 aliphatic rings. The normalized spacial score (nSPS) is 18.8. The Morgan fingerprint density at radius 2 is 1.03 bits per heavy atom. The van der Waals surface area contributed by atoms with Gasteiger partial charge >= 0.3 is 23.2 Å². The monoisotopic (exact) mass is 839 g/mol. The molecule has 4 atom stereocenters. The van der Waals surface area contributed by atoms with E-state index in [1.807, 2.05) is 0 Å². The first-order chi connectivity index (χ1) is 28.3. The van der Waals surface area contributed by atoms with Gasteiger partial charge in [-0.15, -0.1) is 0 Å². The van der Waals surface area contributed by atoms with Crippen molar-refractivity contribution in [2.75, 3.05) is 72.4 Å². The first-order valence-corrected chi connectivity index (χ1v) is 23.1. The van der Waals surface area contributed by atoms with Gasteiger partial charge in [-0.1, -0.05) is 65.2 Å². The van der Waals surface area contributed by atoms with E-state index in [9.17, 15) is 19.2 Å². The minimum Gasteiger partial charge on any atom is -0.442 e. The highest BCUT2D eigenvalue weighted by Crippen LogP contribution is 2.31. The summed E-state index contributed by atoms with van der Waals surface area (Å²) in [6.07, 6.45) is 12.5. The molecule has 4 unspecified atom stereocenters. The van der Waals surface area contributed by atoms with Crippen LogP contribution in [0.1, 0.15) is 144 Å². The third-order valence-electron chi connectivity index (χ3n) is 11.6. The molecular weight excluding hydrogens is 757 g/mol. The third-order valence-corrected chi connectivity index (χ3v) is 11.6. The van der Waals surface area contributed by atoms with Crippen molar-refractivity contribution in [2.45, 2.75) is 187 Å². The molecule has 1 aromatic heterocycles. The largest absolute Gasteiger partial charge is 0.442 e. The van der Waals surface area contributed by atoms with Crippen LogP contribution in [0.2, 0.25) is 0 Å². The van der Waals surface area contributed by atoms with Crippen molar-refractivity contribution in [1.29, 1.82) is 0 Å². The minimum atomic E-state index is -0.557. The molecule has 15 nitrogen and oxygen atoms in total. The van der Waals surface area contributed by atoms with Gasteiger partial charge in [0.2, 0.25) is 0 Å². The fraction of sp³-hybridized carbons (Fsp3) is 0.909. The van der Waals surface area contributed by atoms with Gasteiger partial charge in [0.1, 0.15) is 6.10 Å². The average molecular weight is 839 g/mol. The van der Waals surface area contributed by atoms with E-state index < -0.39 is 23.2 Å². The van der Waals surface area contributed by atoms with E-state index in [4.69, 9.17) is 24.1 Å². The summed E-state index contributed by atoms with van der Waals surface area (Å²) in [7, 11) is 0. The van der Waals surface area contributed by atoms with E-state index in [1.54, 1.807) is 0 Å². The molecule has 2 N–H and O–H groups in total. The van der Waals surface area contributed by atoms with Gasteiger partial charge in [-0.05, 0) is 79.1 Å². The van der Waals surface area contributed by atoms with Crippen molar-refractivity contribution in [3.05, 3.63) is 31.5 Å². The standard InChI is InChI=1S/C44H82N6O9/c1-7-9-28-56-33-37(31-46-35-43(46,3)4)58-30-22-16-14-20-26-50-41(54)48(40(53)49(42(50)55)25-19-13-15-21-27-51)24-18-12-11-17-23-45-39(52)59-38(34-57-29-10-8-2)32-47-36-44(47,5)6/h37-38,51H,7-36H2,1-6H3,(H,45,52). The van der Waals surface area contributed by atoms with Crippen molar-refractivity contribution in [1.82, 2.24) is 28.8 Å². The lowest BCUT2D eigenvalue weighted by molar-refractivity contribution is -0.0256. The van der Waals surface area contributed by atoms with Crippen LogP contribution >= 0.6 is 0 Å². The van der Waals surface area contributed by atoms with Gasteiger partial charge in [0.05, 0.1) is 19.3 Å². The van der Waals surface area contributed by atoms with Crippen molar-refractivity contribution in [2.24, 2.45) is 0 Å². The molecule has 59 heavy (non-hydrogen) atoms. The van der Waals surface area contributed by atoms with E-state index in [2.05, 4.69) is 56.7 Å². The molecule has 0 aliphatic carbocycles. The topological polar surface area (TPSA) is 158 Å². The Kier molecular flexibility index (Phi) is 23.6. The Labute approximate surface area is 354 Å². The van der Waals surface area contributed by atoms with Gasteiger partial charge in [0.25, 0.3) is 0 Å². The van der Waals surface area contributed by atoms with Crippen molar-refractivity contribution >= 4 is 6.09 Å². The Balaban J connectivity index is 1.46. The molecule has 2 saturated heterocycles. The predicted octanol–water partition coefficient (Wildman–Crippen LogP) is 5.15. The first kappa shape index (κ1) is 50.8. The zero-order valence-electron chi connectivity index (χ0n) is 37.8. The Morgan fingerprint density at radius 3 is 1.49 bits per heavy atom. The van der Waals surface area contributed by atoms with Crippen molar-refractivity contribution in [3.63, 3.8) is 0 Å². The van der Waals surface area contributed by atoms with E-state index >= 15 is 0 Å². The molecule has 0 spiro atoms. The maximum Gasteiger partial charge on any atom is 0.407 e. The number of aliphatic hydroxyl groups is 1. The molecule has 342 valence electrons. The maximum atomic E-state index is 13.6. The number of hydrogen-bond donors (Lipinski definition) is 2. The van der Waals surface area contributed by atoms with Crippen LogP contribution in [0.4, 0.5) is 4.79 Å². The van der Waals surface area contributed by atoms with Crippen LogP contribution in [0.25, 0.3) is 0 Å². The van der Waals surface area contributed by atoms with Gasteiger partial charge < -0.3 is 29.4 Å². The quantitative estimate of drug-likeness (QED) is 0.0681. The second kappa shape index (κ2) is 27.4. The lowest BCUT2D eigenvalue weighted by Gasteiger charge is -2.20. The minimum absolute atomic E-state index is 0.0395. The number of carbonyl (C=O) groups excluding carboxylic acids is 1. The zero-order chi connectivity index (χ0) is 43.1. The zero-order valence-corrected chi connectivity index (χ0v) is 37.8. The number of aliphatic hydroxyl groups excluding tert-OH is 1. The van der Waals surface area contributed by atoms with Crippen molar-refractivity contribution in [3.8, 4) is 0 Å². The van der Waals surface area contributed by atoms with Gasteiger partial charge in [0.15, 0.2) is 0 Å². The lowest BCUT2D eigenvalue weighted by atomic mass is 10.2. The van der Waals surface area contributed by atoms with Gasteiger partial charge in [-0.2, -0.15) is 0 Å². The number of carbonyl (C=O) groups is 1. The molecule has 1 aromatic rings. The van der Waals surface area contributed by atoms with Crippen LogP contribution in [-0.4, -0.2) is 130 Å². The second-order valence-electron chi connectivity index (χ2n) is 18.0. The Morgan fingerprint density at radius 1 is 0.610 bits per heavy atom. The van der Waals surface area contributed by atoms with E-state index in [1.165, 1.54) is 13.7 Å². The van der Waals surface area contributed by atoms with Gasteiger partial charge in [-0.25, -0.2) is 32.9 Å². The molecule has 2 aliphatic heterocycles. The third kappa shape index (κ3) is 19.4. The van der Waals surface area contributed by atoms with Crippen LogP contribution in [0.15, 0.2) is 14.4 Å². The van der Waals surface area contributed by atoms with Crippen LogP contribution in [-0.2, 0) is 38.6 Å². The smallest absolute Gasteiger partial charge is 0.407 e. The predicted molar refractivity (Wildman–Crippen MR) is 232 cm³/mol. The highest BCUT2D eigenvalue weighted by Gasteiger charge is 2.44. The number of rotatable bonds is 36. The maximum absolute atomic E-state index is 13.6. The molecule has 1 amide bonds. The SMILES string of the molecule is CCCCOCC(CN1CC1(C)C)OCCCCCCn1c(=O)n(CCCCCCO)c(=O)n(CCCCCCNC(=O)OC(COCCCC)CN2CC2(C)C)c1=O. The van der Waals surface area contributed by atoms with Gasteiger partial charge in [-0.3, -0.25) is 9.80 Å². The summed E-state index contributed by atoms with van der Waals surface area (Å²) in [6, 6.07) is 0. The van der Waals surface area contributed by atoms with Crippen LogP contribution in [0.5, 0.6) is 0 Å². The molecule has 3 rings (SSSR count). The highest BCUT2D eigenvalue weighted by molar-refractivity contribution is 5.67. The van der Waals surface area contributed by atoms with E-state index in [0.717, 1.165) is 103 Å². The summed E-state index contributed by atoms with van der Waals surface area (Å²) in [4.78, 5) is 57.9. The lowest BCUT2D eigenvalue weighted by Crippen LogP contribution is -2.54. The van der Waals surface area contributed by atoms with Crippen LogP contribution in [0, 0.1) is 0 Å². The molecule has 0 saturated carbocycles. The van der Waals surface area contributed by atoms with Gasteiger partial charge in [0, 0.05) is 89.9 Å². The number of nitrogens with one attached hydrogen (secondary N) is 1. The summed E-state index contributed by atoms with van der Waals surface area (Å²) in [5.74, 6) is 0.